The number of aliphatic hydroxyl groups excluding tert-OH is 1. The zero-order chi connectivity index (χ0) is 12.8. The van der Waals surface area contributed by atoms with E-state index in [4.69, 9.17) is 15.0 Å². The molecule has 0 aliphatic heterocycles. The van der Waals surface area contributed by atoms with Gasteiger partial charge in [0, 0.05) is 13.5 Å². The molecule has 0 bridgehead atoms. The van der Waals surface area contributed by atoms with Crippen molar-refractivity contribution in [1.82, 2.24) is 0 Å². The first-order valence-electron chi connectivity index (χ1n) is 5.36. The second-order valence-electron chi connectivity index (χ2n) is 3.25. The maximum atomic E-state index is 9.00. The molecule has 3 heteroatoms. The minimum absolute atomic E-state index is 0.344. The Morgan fingerprint density at radius 2 is 1.69 bits per heavy atom. The Morgan fingerprint density at radius 3 is 1.81 bits per heavy atom. The summed E-state index contributed by atoms with van der Waals surface area (Å²) in [5.74, 6) is -0.833. The highest BCUT2D eigenvalue weighted by atomic mass is 16.4. The normalized spacial score (nSPS) is 8.00. The van der Waals surface area contributed by atoms with Gasteiger partial charge < -0.3 is 10.2 Å². The molecule has 0 saturated carbocycles. The number of hydrogen-bond acceptors (Lipinski definition) is 2. The van der Waals surface area contributed by atoms with Gasteiger partial charge in [0.25, 0.3) is 5.97 Å². The van der Waals surface area contributed by atoms with Crippen LogP contribution in [0.15, 0.2) is 30.3 Å². The Bertz CT molecular complexity index is 239. The summed E-state index contributed by atoms with van der Waals surface area (Å²) in [7, 11) is 0. The molecular weight excluding hydrogens is 204 g/mol. The van der Waals surface area contributed by atoms with Crippen LogP contribution in [0.3, 0.4) is 0 Å². The van der Waals surface area contributed by atoms with Gasteiger partial charge in [-0.05, 0) is 13.3 Å². The lowest BCUT2D eigenvalue weighted by Crippen LogP contribution is -1.78. The summed E-state index contributed by atoms with van der Waals surface area (Å²) in [6.45, 7) is 5.56. The molecule has 16 heavy (non-hydrogen) atoms. The number of benzene rings is 1. The van der Waals surface area contributed by atoms with Crippen LogP contribution >= 0.6 is 0 Å². The predicted molar refractivity (Wildman–Crippen MR) is 66.5 cm³/mol. The van der Waals surface area contributed by atoms with Crippen molar-refractivity contribution >= 4 is 5.97 Å². The van der Waals surface area contributed by atoms with E-state index in [2.05, 4.69) is 26.0 Å². The second-order valence-corrected chi connectivity index (χ2v) is 3.25. The second kappa shape index (κ2) is 13.7. The first-order valence-corrected chi connectivity index (χ1v) is 5.36. The maximum absolute atomic E-state index is 9.00. The van der Waals surface area contributed by atoms with Gasteiger partial charge in [-0.3, -0.25) is 4.79 Å². The Balaban J connectivity index is 0. The number of aryl methyl sites for hydroxylation is 1. The molecule has 0 amide bonds. The lowest BCUT2D eigenvalue weighted by molar-refractivity contribution is -0.134. The van der Waals surface area contributed by atoms with Crippen molar-refractivity contribution in [3.05, 3.63) is 35.9 Å². The standard InChI is InChI=1S/C7H8.C4H10O.C2H4O2/c1-7-5-3-2-4-6-7;1-2-3-4-5;1-2(3)4/h2-6H,1H3;5H,2-4H2,1H3;1H3,(H,3,4). The summed E-state index contributed by atoms with van der Waals surface area (Å²) >= 11 is 0. The van der Waals surface area contributed by atoms with E-state index < -0.39 is 5.97 Å². The summed E-state index contributed by atoms with van der Waals surface area (Å²) in [6.07, 6.45) is 2.04. The van der Waals surface area contributed by atoms with Gasteiger partial charge in [-0.15, -0.1) is 0 Å². The van der Waals surface area contributed by atoms with E-state index in [-0.39, 0.29) is 0 Å². The third-order valence-corrected chi connectivity index (χ3v) is 1.45. The number of aliphatic carboxylic acids is 1. The third kappa shape index (κ3) is 22.9. The average molecular weight is 226 g/mol. The highest BCUT2D eigenvalue weighted by Crippen LogP contribution is 1.92. The molecule has 0 heterocycles. The van der Waals surface area contributed by atoms with Gasteiger partial charge in [-0.25, -0.2) is 0 Å². The summed E-state index contributed by atoms with van der Waals surface area (Å²) < 4.78 is 0. The van der Waals surface area contributed by atoms with Crippen molar-refractivity contribution in [1.29, 1.82) is 0 Å². The third-order valence-electron chi connectivity index (χ3n) is 1.45. The highest BCUT2D eigenvalue weighted by molar-refractivity contribution is 5.62. The Hall–Kier alpha value is -1.35. The molecule has 0 saturated heterocycles. The monoisotopic (exact) mass is 226 g/mol. The zero-order valence-electron chi connectivity index (χ0n) is 10.3. The molecule has 1 rings (SSSR count). The van der Waals surface area contributed by atoms with Crippen molar-refractivity contribution in [2.45, 2.75) is 33.6 Å². The van der Waals surface area contributed by atoms with Crippen molar-refractivity contribution in [3.8, 4) is 0 Å². The molecule has 3 nitrogen and oxygen atoms in total. The van der Waals surface area contributed by atoms with Gasteiger partial charge >= 0.3 is 0 Å². The molecule has 0 radical (unpaired) electrons. The van der Waals surface area contributed by atoms with Crippen molar-refractivity contribution in [2.24, 2.45) is 0 Å². The van der Waals surface area contributed by atoms with Gasteiger partial charge in [0.15, 0.2) is 0 Å². The van der Waals surface area contributed by atoms with Crippen LogP contribution in [0.25, 0.3) is 0 Å². The van der Waals surface area contributed by atoms with Gasteiger partial charge in [-0.1, -0.05) is 49.2 Å². The SMILES string of the molecule is CC(=O)O.CCCCO.Cc1ccccc1. The first kappa shape index (κ1) is 17.1. The van der Waals surface area contributed by atoms with Gasteiger partial charge in [-0.2, -0.15) is 0 Å². The van der Waals surface area contributed by atoms with Crippen LogP contribution in [-0.2, 0) is 4.79 Å². The van der Waals surface area contributed by atoms with E-state index in [9.17, 15) is 0 Å². The van der Waals surface area contributed by atoms with E-state index in [0.717, 1.165) is 19.8 Å². The topological polar surface area (TPSA) is 57.5 Å². The lowest BCUT2D eigenvalue weighted by atomic mass is 10.2. The molecule has 0 unspecified atom stereocenters. The maximum Gasteiger partial charge on any atom is 0.300 e. The van der Waals surface area contributed by atoms with Crippen LogP contribution in [0.1, 0.15) is 32.3 Å². The average Bonchev–Trinajstić information content (AvgIpc) is 2.20. The van der Waals surface area contributed by atoms with E-state index in [0.29, 0.717) is 6.61 Å². The molecule has 1 aromatic carbocycles. The molecular formula is C13H22O3. The fraction of sp³-hybridized carbons (Fsp3) is 0.462. The molecule has 0 aromatic heterocycles. The Kier molecular flexibility index (Phi) is 14.6. The van der Waals surface area contributed by atoms with Crippen LogP contribution in [0.2, 0.25) is 0 Å². The number of carboxylic acids is 1. The van der Waals surface area contributed by atoms with E-state index in [1.165, 1.54) is 5.56 Å². The number of carbonyl (C=O) groups is 1. The molecule has 92 valence electrons. The molecule has 0 aliphatic carbocycles. The minimum atomic E-state index is -0.833. The van der Waals surface area contributed by atoms with E-state index >= 15 is 0 Å². The van der Waals surface area contributed by atoms with Crippen molar-refractivity contribution < 1.29 is 15.0 Å². The molecule has 1 aromatic rings. The first-order chi connectivity index (χ1) is 7.54. The minimum Gasteiger partial charge on any atom is -0.481 e. The van der Waals surface area contributed by atoms with Crippen LogP contribution in [0.4, 0.5) is 0 Å². The molecule has 0 spiro atoms. The number of aliphatic hydroxyl groups is 1. The van der Waals surface area contributed by atoms with Crippen molar-refractivity contribution in [2.75, 3.05) is 6.61 Å². The predicted octanol–water partition coefficient (Wildman–Crippen LogP) is 2.86. The zero-order valence-corrected chi connectivity index (χ0v) is 10.3. The van der Waals surface area contributed by atoms with Gasteiger partial charge in [0.1, 0.15) is 0 Å². The molecule has 0 aliphatic rings. The lowest BCUT2D eigenvalue weighted by Gasteiger charge is -1.82. The molecule has 2 N–H and O–H groups in total. The summed E-state index contributed by atoms with van der Waals surface area (Å²) in [4.78, 5) is 9.00. The Morgan fingerprint density at radius 1 is 1.25 bits per heavy atom. The van der Waals surface area contributed by atoms with Crippen LogP contribution < -0.4 is 0 Å². The van der Waals surface area contributed by atoms with E-state index in [1.807, 2.05) is 18.2 Å². The largest absolute Gasteiger partial charge is 0.481 e. The van der Waals surface area contributed by atoms with Gasteiger partial charge in [0.2, 0.25) is 0 Å². The Labute approximate surface area is 97.7 Å². The number of rotatable bonds is 2. The number of unbranched alkanes of at least 4 members (excludes halogenated alkanes) is 1. The molecule has 0 fully saturated rings. The van der Waals surface area contributed by atoms with Crippen LogP contribution in [0, 0.1) is 6.92 Å². The fourth-order valence-corrected chi connectivity index (χ4v) is 0.692. The van der Waals surface area contributed by atoms with Crippen LogP contribution in [-0.4, -0.2) is 22.8 Å². The molecule has 0 atom stereocenters. The van der Waals surface area contributed by atoms with Crippen molar-refractivity contribution in [3.63, 3.8) is 0 Å². The summed E-state index contributed by atoms with van der Waals surface area (Å²) in [5.41, 5.74) is 1.32. The van der Waals surface area contributed by atoms with E-state index in [1.54, 1.807) is 0 Å². The van der Waals surface area contributed by atoms with Crippen LogP contribution in [0.5, 0.6) is 0 Å². The van der Waals surface area contributed by atoms with Gasteiger partial charge in [0.05, 0.1) is 0 Å². The fourth-order valence-electron chi connectivity index (χ4n) is 0.692. The number of hydrogen-bond donors (Lipinski definition) is 2. The quantitative estimate of drug-likeness (QED) is 0.815. The number of carboxylic acid groups (broad SMARTS) is 1. The smallest absolute Gasteiger partial charge is 0.300 e. The summed E-state index contributed by atoms with van der Waals surface area (Å²) in [6, 6.07) is 10.3. The summed E-state index contributed by atoms with van der Waals surface area (Å²) in [5, 5.41) is 15.5. The highest BCUT2D eigenvalue weighted by Gasteiger charge is 1.72.